The van der Waals surface area contributed by atoms with Gasteiger partial charge in [0.2, 0.25) is 0 Å². The Morgan fingerprint density at radius 3 is 0.761 bits per heavy atom. The molecular weight excluding hydrogens is 829 g/mol. The summed E-state index contributed by atoms with van der Waals surface area (Å²) in [5.41, 5.74) is 0. The molecule has 0 spiro atoms. The second-order valence-electron chi connectivity index (χ2n) is 17.5. The zero-order valence-electron chi connectivity index (χ0n) is 45.7. The SMILES string of the molecule is C=C.C=CCCCCCC.C=CCCCCCCCCCC(=O)OC.CCCCCC/C=C/C=C\CCCCCCCC(=O)OC.CCCCCC/C=C/CCCCCCCCCC(=O)OC. The molecule has 0 amide bonds. The maximum absolute atomic E-state index is 10.9. The molecule has 0 fully saturated rings. The van der Waals surface area contributed by atoms with Gasteiger partial charge < -0.3 is 14.2 Å². The Morgan fingerprint density at radius 1 is 0.313 bits per heavy atom. The molecule has 6 nitrogen and oxygen atoms in total. The van der Waals surface area contributed by atoms with Gasteiger partial charge in [-0.2, -0.15) is 0 Å². The van der Waals surface area contributed by atoms with Crippen molar-refractivity contribution in [2.24, 2.45) is 0 Å². The van der Waals surface area contributed by atoms with E-state index in [1.807, 2.05) is 12.2 Å². The molecule has 0 radical (unpaired) electrons. The lowest BCUT2D eigenvalue weighted by Gasteiger charge is -2.01. The van der Waals surface area contributed by atoms with Crippen molar-refractivity contribution in [3.05, 3.63) is 74.9 Å². The van der Waals surface area contributed by atoms with Gasteiger partial charge in [0.25, 0.3) is 0 Å². The number of ether oxygens (including phenoxy) is 3. The number of hydrogen-bond donors (Lipinski definition) is 0. The maximum Gasteiger partial charge on any atom is 0.305 e. The maximum atomic E-state index is 10.9. The Balaban J connectivity index is -0.000000263. The van der Waals surface area contributed by atoms with Gasteiger partial charge >= 0.3 is 17.9 Å². The first-order valence-corrected chi connectivity index (χ1v) is 27.7. The zero-order chi connectivity index (χ0) is 50.8. The lowest BCUT2D eigenvalue weighted by molar-refractivity contribution is -0.141. The summed E-state index contributed by atoms with van der Waals surface area (Å²) < 4.78 is 13.8. The number of carbonyl (C=O) groups is 3. The molecule has 0 aliphatic rings. The van der Waals surface area contributed by atoms with E-state index in [0.717, 1.165) is 51.4 Å². The Bertz CT molecular complexity index is 1060. The fourth-order valence-corrected chi connectivity index (χ4v) is 6.90. The topological polar surface area (TPSA) is 78.9 Å². The van der Waals surface area contributed by atoms with Crippen molar-refractivity contribution in [1.82, 2.24) is 0 Å². The molecule has 394 valence electrons. The normalized spacial score (nSPS) is 10.5. The van der Waals surface area contributed by atoms with Crippen LogP contribution < -0.4 is 0 Å². The third-order valence-electron chi connectivity index (χ3n) is 11.2. The fraction of sp³-hybridized carbons (Fsp3) is 0.754. The number of allylic oxidation sites excluding steroid dienone is 8. The molecule has 67 heavy (non-hydrogen) atoms. The Labute approximate surface area is 418 Å². The Kier molecular flexibility index (Phi) is 80.9. The van der Waals surface area contributed by atoms with Crippen molar-refractivity contribution < 1.29 is 28.6 Å². The summed E-state index contributed by atoms with van der Waals surface area (Å²) >= 11 is 0. The van der Waals surface area contributed by atoms with E-state index in [1.54, 1.807) is 0 Å². The van der Waals surface area contributed by atoms with Crippen LogP contribution in [0.15, 0.2) is 74.9 Å². The van der Waals surface area contributed by atoms with E-state index in [-0.39, 0.29) is 17.9 Å². The van der Waals surface area contributed by atoms with E-state index >= 15 is 0 Å². The molecule has 0 rings (SSSR count). The summed E-state index contributed by atoms with van der Waals surface area (Å²) in [6.45, 7) is 20.1. The van der Waals surface area contributed by atoms with Crippen LogP contribution in [-0.2, 0) is 28.6 Å². The van der Waals surface area contributed by atoms with Crippen molar-refractivity contribution in [2.75, 3.05) is 21.3 Å². The molecular formula is C61H114O6. The predicted molar refractivity (Wildman–Crippen MR) is 297 cm³/mol. The molecule has 0 heterocycles. The first kappa shape index (κ1) is 72.8. The minimum Gasteiger partial charge on any atom is -0.469 e. The Hall–Kier alpha value is -3.15. The van der Waals surface area contributed by atoms with Gasteiger partial charge in [0.1, 0.15) is 0 Å². The highest BCUT2D eigenvalue weighted by Crippen LogP contribution is 2.13. The van der Waals surface area contributed by atoms with E-state index in [4.69, 9.17) is 0 Å². The van der Waals surface area contributed by atoms with Crippen molar-refractivity contribution in [3.63, 3.8) is 0 Å². The lowest BCUT2D eigenvalue weighted by Crippen LogP contribution is -1.99. The van der Waals surface area contributed by atoms with E-state index in [0.29, 0.717) is 19.3 Å². The highest BCUT2D eigenvalue weighted by molar-refractivity contribution is 5.69. The number of carbonyl (C=O) groups excluding carboxylic acids is 3. The summed E-state index contributed by atoms with van der Waals surface area (Å²) in [6, 6.07) is 0. The minimum atomic E-state index is -0.0839. The lowest BCUT2D eigenvalue weighted by atomic mass is 10.1. The molecule has 0 aromatic heterocycles. The molecule has 0 aromatic rings. The van der Waals surface area contributed by atoms with Crippen LogP contribution in [0.3, 0.4) is 0 Å². The van der Waals surface area contributed by atoms with E-state index in [1.165, 1.54) is 208 Å². The third kappa shape index (κ3) is 83.3. The van der Waals surface area contributed by atoms with Crippen LogP contribution in [0.4, 0.5) is 0 Å². The summed E-state index contributed by atoms with van der Waals surface area (Å²) in [6.07, 6.45) is 65.9. The average Bonchev–Trinajstić information content (AvgIpc) is 3.35. The standard InChI is InChI=1S/C19H36O2.C19H34O2.C13H24O2.C8H16.C2H4/c2*1-3-4-5-6-7-8-9-10-11-12-13-14-15-16-17-18-19(20)21-2;1-3-4-5-6-7-8-9-10-11-12-13(14)15-2;1-3-5-7-8-6-4-2;1-2/h8-9H,3-7,10-18H2,1-2H3;8-11H,3-7,12-18H2,1-2H3;3H,1,4-12H2,2H3;3H,1,4-8H2,2H3;1-2H2/b9-8+;9-8+,11-10-;;;. The molecule has 0 N–H and O–H groups in total. The van der Waals surface area contributed by atoms with Crippen LogP contribution in [0, 0.1) is 0 Å². The summed E-state index contributed by atoms with van der Waals surface area (Å²) in [4.78, 5) is 32.6. The van der Waals surface area contributed by atoms with E-state index < -0.39 is 0 Å². The van der Waals surface area contributed by atoms with Crippen LogP contribution >= 0.6 is 0 Å². The van der Waals surface area contributed by atoms with Crippen LogP contribution in [0.2, 0.25) is 0 Å². The minimum absolute atomic E-state index is 0.0727. The van der Waals surface area contributed by atoms with Crippen LogP contribution in [0.1, 0.15) is 278 Å². The molecule has 0 unspecified atom stereocenters. The summed E-state index contributed by atoms with van der Waals surface area (Å²) in [7, 11) is 4.36. The molecule has 6 heteroatoms. The predicted octanol–water partition coefficient (Wildman–Crippen LogP) is 20.0. The second kappa shape index (κ2) is 74.4. The number of esters is 3. The number of methoxy groups -OCH3 is 3. The first-order valence-electron chi connectivity index (χ1n) is 27.7. The van der Waals surface area contributed by atoms with Crippen molar-refractivity contribution in [2.45, 2.75) is 278 Å². The van der Waals surface area contributed by atoms with Gasteiger partial charge in [0.05, 0.1) is 21.3 Å². The monoisotopic (exact) mass is 943 g/mol. The second-order valence-corrected chi connectivity index (χ2v) is 17.5. The Morgan fingerprint density at radius 2 is 0.522 bits per heavy atom. The highest BCUT2D eigenvalue weighted by atomic mass is 16.5. The zero-order valence-corrected chi connectivity index (χ0v) is 45.7. The highest BCUT2D eigenvalue weighted by Gasteiger charge is 2.01. The van der Waals surface area contributed by atoms with Gasteiger partial charge in [-0.25, -0.2) is 0 Å². The van der Waals surface area contributed by atoms with Crippen molar-refractivity contribution in [1.29, 1.82) is 0 Å². The van der Waals surface area contributed by atoms with E-state index in [9.17, 15) is 14.4 Å². The van der Waals surface area contributed by atoms with Gasteiger partial charge in [0.15, 0.2) is 0 Å². The average molecular weight is 944 g/mol. The number of unbranched alkanes of at least 4 members (excludes halogenated alkanes) is 31. The third-order valence-corrected chi connectivity index (χ3v) is 11.2. The molecule has 0 saturated heterocycles. The smallest absolute Gasteiger partial charge is 0.305 e. The molecule has 0 bridgehead atoms. The molecule has 0 atom stereocenters. The quantitative estimate of drug-likeness (QED) is 0.0199. The summed E-state index contributed by atoms with van der Waals surface area (Å²) in [5, 5.41) is 0. The molecule has 0 aromatic carbocycles. The first-order chi connectivity index (χ1) is 32.8. The van der Waals surface area contributed by atoms with Gasteiger partial charge in [-0.05, 0) is 96.3 Å². The molecule has 0 aliphatic carbocycles. The van der Waals surface area contributed by atoms with Crippen LogP contribution in [-0.4, -0.2) is 39.2 Å². The van der Waals surface area contributed by atoms with Gasteiger partial charge in [-0.15, -0.1) is 26.3 Å². The fourth-order valence-electron chi connectivity index (χ4n) is 6.90. The van der Waals surface area contributed by atoms with Gasteiger partial charge in [-0.3, -0.25) is 14.4 Å². The molecule has 0 saturated carbocycles. The van der Waals surface area contributed by atoms with Crippen molar-refractivity contribution >= 4 is 17.9 Å². The van der Waals surface area contributed by atoms with Gasteiger partial charge in [-0.1, -0.05) is 211 Å². The van der Waals surface area contributed by atoms with E-state index in [2.05, 4.69) is 97.8 Å². The van der Waals surface area contributed by atoms with Crippen molar-refractivity contribution in [3.8, 4) is 0 Å². The van der Waals surface area contributed by atoms with Crippen LogP contribution in [0.25, 0.3) is 0 Å². The van der Waals surface area contributed by atoms with Gasteiger partial charge in [0, 0.05) is 19.3 Å². The number of rotatable bonds is 44. The summed E-state index contributed by atoms with van der Waals surface area (Å²) in [5.74, 6) is -0.239. The molecule has 0 aliphatic heterocycles. The van der Waals surface area contributed by atoms with Crippen LogP contribution in [0.5, 0.6) is 0 Å². The number of hydrogen-bond acceptors (Lipinski definition) is 6. The largest absolute Gasteiger partial charge is 0.469 e.